The normalized spacial score (nSPS) is 10.9. The Bertz CT molecular complexity index is 1420. The zero-order chi connectivity index (χ0) is 24.2. The fourth-order valence-corrected chi connectivity index (χ4v) is 3.87. The van der Waals surface area contributed by atoms with Crippen LogP contribution >= 0.6 is 0 Å². The molecule has 2 aromatic carbocycles. The number of anilines is 3. The van der Waals surface area contributed by atoms with Crippen LogP contribution in [-0.2, 0) is 0 Å². The Labute approximate surface area is 199 Å². The maximum atomic E-state index is 12.9. The monoisotopic (exact) mass is 452 g/mol. The van der Waals surface area contributed by atoms with Crippen molar-refractivity contribution < 1.29 is 0 Å². The molecule has 0 spiro atoms. The maximum Gasteiger partial charge on any atom is 0.258 e. The van der Waals surface area contributed by atoms with E-state index in [1.54, 1.807) is 10.8 Å². The summed E-state index contributed by atoms with van der Waals surface area (Å²) < 4.78 is 1.55. The number of aromatic nitrogens is 3. The molecule has 0 atom stereocenters. The predicted octanol–water partition coefficient (Wildman–Crippen LogP) is 3.81. The van der Waals surface area contributed by atoms with E-state index in [1.165, 1.54) is 11.8 Å². The Morgan fingerprint density at radius 3 is 2.50 bits per heavy atom. The average molecular weight is 453 g/mol. The van der Waals surface area contributed by atoms with Crippen LogP contribution < -0.4 is 15.8 Å². The van der Waals surface area contributed by atoms with Gasteiger partial charge < -0.3 is 15.1 Å². The minimum absolute atomic E-state index is 0.239. The topological polar surface area (TPSA) is 66.3 Å². The first-order chi connectivity index (χ1) is 16.4. The van der Waals surface area contributed by atoms with Gasteiger partial charge >= 0.3 is 0 Å². The predicted molar refractivity (Wildman–Crippen MR) is 139 cm³/mol. The smallest absolute Gasteiger partial charge is 0.258 e. The number of nitrogens with one attached hydrogen (secondary N) is 1. The van der Waals surface area contributed by atoms with E-state index in [0.29, 0.717) is 28.2 Å². The number of hydrogen-bond donors (Lipinski definition) is 1. The summed E-state index contributed by atoms with van der Waals surface area (Å²) >= 11 is 0. The van der Waals surface area contributed by atoms with E-state index >= 15 is 0 Å². The number of rotatable bonds is 7. The molecule has 172 valence electrons. The molecule has 0 fully saturated rings. The molecule has 7 heteroatoms. The Morgan fingerprint density at radius 1 is 1.06 bits per heavy atom. The third-order valence-corrected chi connectivity index (χ3v) is 5.68. The summed E-state index contributed by atoms with van der Waals surface area (Å²) in [5.41, 5.74) is 4.58. The first-order valence-electron chi connectivity index (χ1n) is 11.1. The molecule has 0 bridgehead atoms. The second kappa shape index (κ2) is 9.77. The molecule has 0 saturated heterocycles. The third-order valence-electron chi connectivity index (χ3n) is 5.68. The van der Waals surface area contributed by atoms with Crippen LogP contribution in [-0.4, -0.2) is 53.7 Å². The molecule has 0 aliphatic heterocycles. The van der Waals surface area contributed by atoms with E-state index in [0.717, 1.165) is 24.3 Å². The van der Waals surface area contributed by atoms with Gasteiger partial charge in [-0.05, 0) is 56.9 Å². The van der Waals surface area contributed by atoms with Gasteiger partial charge in [0, 0.05) is 49.3 Å². The second-order valence-electron chi connectivity index (χ2n) is 8.49. The van der Waals surface area contributed by atoms with E-state index in [4.69, 9.17) is 6.42 Å². The number of benzene rings is 2. The molecular weight excluding hydrogens is 424 g/mol. The van der Waals surface area contributed by atoms with E-state index in [9.17, 15) is 4.79 Å². The van der Waals surface area contributed by atoms with E-state index in [-0.39, 0.29) is 5.56 Å². The van der Waals surface area contributed by atoms with E-state index in [2.05, 4.69) is 71.2 Å². The van der Waals surface area contributed by atoms with Crippen LogP contribution in [0.2, 0.25) is 0 Å². The fraction of sp³-hybridized carbons (Fsp3) is 0.222. The summed E-state index contributed by atoms with van der Waals surface area (Å²) in [4.78, 5) is 26.5. The number of fused-ring (bicyclic) bond motifs is 1. The molecule has 4 aromatic rings. The summed E-state index contributed by atoms with van der Waals surface area (Å²) in [5, 5.41) is 3.92. The van der Waals surface area contributed by atoms with Crippen LogP contribution in [0.5, 0.6) is 0 Å². The first-order valence-corrected chi connectivity index (χ1v) is 11.1. The van der Waals surface area contributed by atoms with Crippen LogP contribution in [0.4, 0.5) is 17.3 Å². The van der Waals surface area contributed by atoms with Crippen LogP contribution in [0.1, 0.15) is 11.1 Å². The van der Waals surface area contributed by atoms with Crippen LogP contribution in [0.3, 0.4) is 0 Å². The molecule has 0 saturated carbocycles. The molecule has 2 heterocycles. The summed E-state index contributed by atoms with van der Waals surface area (Å²) in [6.07, 6.45) is 7.31. The summed E-state index contributed by atoms with van der Waals surface area (Å²) in [5.74, 6) is 2.97. The number of likely N-dealkylation sites (N-methyl/N-ethyl adjacent to an activating group) is 2. The SMILES string of the molecule is C#Cc1cc(=O)n(-c2ccccc2)c2nc(Nc3ccc(N(C)CCN(C)C)c(C)c3)ncc12. The largest absolute Gasteiger partial charge is 0.373 e. The summed E-state index contributed by atoms with van der Waals surface area (Å²) in [6, 6.07) is 17.0. The van der Waals surface area contributed by atoms with Crippen molar-refractivity contribution in [2.75, 3.05) is 44.4 Å². The zero-order valence-electron chi connectivity index (χ0n) is 19.9. The van der Waals surface area contributed by atoms with Crippen molar-refractivity contribution in [1.29, 1.82) is 0 Å². The molecule has 0 aliphatic rings. The second-order valence-corrected chi connectivity index (χ2v) is 8.49. The Kier molecular flexibility index (Phi) is 6.62. The van der Waals surface area contributed by atoms with Gasteiger partial charge in [-0.3, -0.25) is 9.36 Å². The van der Waals surface area contributed by atoms with Crippen molar-refractivity contribution in [2.24, 2.45) is 0 Å². The lowest BCUT2D eigenvalue weighted by Crippen LogP contribution is -2.28. The zero-order valence-corrected chi connectivity index (χ0v) is 19.9. The van der Waals surface area contributed by atoms with Gasteiger partial charge in [0.05, 0.1) is 11.1 Å². The lowest BCUT2D eigenvalue weighted by atomic mass is 10.1. The van der Waals surface area contributed by atoms with Gasteiger partial charge in [0.1, 0.15) is 0 Å². The van der Waals surface area contributed by atoms with E-state index < -0.39 is 0 Å². The lowest BCUT2D eigenvalue weighted by Gasteiger charge is -2.23. The van der Waals surface area contributed by atoms with Gasteiger partial charge in [-0.25, -0.2) is 4.98 Å². The number of terminal acetylenes is 1. The number of hydrogen-bond acceptors (Lipinski definition) is 6. The molecule has 34 heavy (non-hydrogen) atoms. The van der Waals surface area contributed by atoms with Crippen LogP contribution in [0, 0.1) is 19.3 Å². The van der Waals surface area contributed by atoms with Crippen molar-refractivity contribution >= 4 is 28.4 Å². The molecule has 7 nitrogen and oxygen atoms in total. The van der Waals surface area contributed by atoms with Gasteiger partial charge in [-0.2, -0.15) is 4.98 Å². The molecule has 0 aliphatic carbocycles. The summed E-state index contributed by atoms with van der Waals surface area (Å²) in [6.45, 7) is 3.99. The van der Waals surface area contributed by atoms with Gasteiger partial charge in [0.25, 0.3) is 5.56 Å². The highest BCUT2D eigenvalue weighted by Gasteiger charge is 2.13. The van der Waals surface area contributed by atoms with Gasteiger partial charge in [0.2, 0.25) is 5.95 Å². The number of aryl methyl sites for hydroxylation is 1. The Hall–Kier alpha value is -4.15. The van der Waals surface area contributed by atoms with Crippen LogP contribution in [0.25, 0.3) is 16.7 Å². The van der Waals surface area contributed by atoms with Crippen molar-refractivity contribution in [1.82, 2.24) is 19.4 Å². The maximum absolute atomic E-state index is 12.9. The Balaban J connectivity index is 1.70. The van der Waals surface area contributed by atoms with Crippen molar-refractivity contribution in [3.05, 3.63) is 82.3 Å². The molecule has 2 aromatic heterocycles. The number of pyridine rings is 1. The fourth-order valence-electron chi connectivity index (χ4n) is 3.87. The van der Waals surface area contributed by atoms with Crippen LogP contribution in [0.15, 0.2) is 65.6 Å². The first kappa shape index (κ1) is 23.0. The number of para-hydroxylation sites is 1. The molecule has 0 radical (unpaired) electrons. The Morgan fingerprint density at radius 2 is 1.82 bits per heavy atom. The van der Waals surface area contributed by atoms with Crippen molar-refractivity contribution in [3.8, 4) is 18.0 Å². The minimum atomic E-state index is -0.239. The average Bonchev–Trinajstić information content (AvgIpc) is 2.82. The summed E-state index contributed by atoms with van der Waals surface area (Å²) in [7, 11) is 6.24. The van der Waals surface area contributed by atoms with Gasteiger partial charge in [-0.1, -0.05) is 24.1 Å². The molecule has 4 rings (SSSR count). The third kappa shape index (κ3) is 4.77. The highest BCUT2D eigenvalue weighted by Crippen LogP contribution is 2.25. The highest BCUT2D eigenvalue weighted by atomic mass is 16.1. The number of nitrogens with zero attached hydrogens (tertiary/aromatic N) is 5. The lowest BCUT2D eigenvalue weighted by molar-refractivity contribution is 0.416. The van der Waals surface area contributed by atoms with E-state index in [1.807, 2.05) is 36.4 Å². The quantitative estimate of drug-likeness (QED) is 0.430. The molecule has 0 amide bonds. The highest BCUT2D eigenvalue weighted by molar-refractivity contribution is 5.84. The van der Waals surface area contributed by atoms with Gasteiger partial charge in [0.15, 0.2) is 5.65 Å². The standard InChI is InChI=1S/C27H28N6O/c1-6-20-17-25(34)33(22-10-8-7-9-11-22)26-23(20)18-28-27(30-26)29-21-12-13-24(19(2)16-21)32(5)15-14-31(3)4/h1,7-13,16-18H,14-15H2,2-5H3,(H,28,29,30). The molecule has 0 unspecified atom stereocenters. The van der Waals surface area contributed by atoms with Crippen molar-refractivity contribution in [2.45, 2.75) is 6.92 Å². The minimum Gasteiger partial charge on any atom is -0.373 e. The van der Waals surface area contributed by atoms with Gasteiger partial charge in [-0.15, -0.1) is 6.42 Å². The molecule has 1 N–H and O–H groups in total. The van der Waals surface area contributed by atoms with Crippen molar-refractivity contribution in [3.63, 3.8) is 0 Å². The molecular formula is C27H28N6O.